The van der Waals surface area contributed by atoms with Gasteiger partial charge in [0, 0.05) is 30.1 Å². The van der Waals surface area contributed by atoms with Crippen LogP contribution in [0.4, 0.5) is 0 Å². The lowest BCUT2D eigenvalue weighted by Crippen LogP contribution is -2.25. The Morgan fingerprint density at radius 1 is 1.19 bits per heavy atom. The van der Waals surface area contributed by atoms with Gasteiger partial charge in [-0.1, -0.05) is 29.3 Å². The first kappa shape index (κ1) is 21.7. The monoisotopic (exact) mass is 458 g/mol. The number of pyridine rings is 1. The topological polar surface area (TPSA) is 69.0 Å². The van der Waals surface area contributed by atoms with Crippen molar-refractivity contribution in [2.75, 3.05) is 6.61 Å². The molecule has 0 saturated heterocycles. The molecule has 1 aliphatic rings. The van der Waals surface area contributed by atoms with E-state index in [9.17, 15) is 4.79 Å². The van der Waals surface area contributed by atoms with Gasteiger partial charge < -0.3 is 10.1 Å². The number of carbonyl (C=O) groups excluding carboxylic acids is 1. The Morgan fingerprint density at radius 3 is 2.68 bits per heavy atom. The van der Waals surface area contributed by atoms with Crippen molar-refractivity contribution in [3.8, 4) is 11.6 Å². The third-order valence-corrected chi connectivity index (χ3v) is 6.12. The third kappa shape index (κ3) is 5.38. The van der Waals surface area contributed by atoms with E-state index in [0.717, 1.165) is 34.8 Å². The molecule has 162 valence electrons. The van der Waals surface area contributed by atoms with Gasteiger partial charge in [-0.25, -0.2) is 9.67 Å². The minimum absolute atomic E-state index is 0.0750. The lowest BCUT2D eigenvalue weighted by molar-refractivity contribution is -0.120. The average Bonchev–Trinajstić information content (AvgIpc) is 3.55. The molecule has 0 atom stereocenters. The van der Waals surface area contributed by atoms with Crippen LogP contribution in [0.1, 0.15) is 35.4 Å². The van der Waals surface area contributed by atoms with Crippen molar-refractivity contribution in [1.29, 1.82) is 0 Å². The summed E-state index contributed by atoms with van der Waals surface area (Å²) in [6.07, 6.45) is 4.47. The van der Waals surface area contributed by atoms with Gasteiger partial charge in [-0.15, -0.1) is 0 Å². The number of benzene rings is 1. The lowest BCUT2D eigenvalue weighted by Gasteiger charge is -2.08. The minimum Gasteiger partial charge on any atom is -0.477 e. The summed E-state index contributed by atoms with van der Waals surface area (Å²) in [7, 11) is 0. The van der Waals surface area contributed by atoms with Crippen molar-refractivity contribution in [3.05, 3.63) is 69.1 Å². The quantitative estimate of drug-likeness (QED) is 0.524. The molecule has 1 aromatic carbocycles. The van der Waals surface area contributed by atoms with Crippen molar-refractivity contribution in [2.24, 2.45) is 5.92 Å². The summed E-state index contributed by atoms with van der Waals surface area (Å²) in [6, 6.07) is 9.12. The van der Waals surface area contributed by atoms with E-state index < -0.39 is 0 Å². The van der Waals surface area contributed by atoms with Crippen molar-refractivity contribution in [2.45, 2.75) is 39.7 Å². The number of nitrogens with one attached hydrogen (secondary N) is 1. The number of hydrogen-bond acceptors (Lipinski definition) is 4. The maximum atomic E-state index is 12.6. The zero-order valence-corrected chi connectivity index (χ0v) is 19.0. The number of rotatable bonds is 8. The third-order valence-electron chi connectivity index (χ3n) is 5.38. The molecule has 31 heavy (non-hydrogen) atoms. The first-order chi connectivity index (χ1) is 14.9. The molecule has 2 aromatic heterocycles. The van der Waals surface area contributed by atoms with E-state index >= 15 is 0 Å². The normalized spacial score (nSPS) is 13.3. The number of aromatic nitrogens is 3. The number of halogens is 2. The van der Waals surface area contributed by atoms with Gasteiger partial charge in [-0.3, -0.25) is 4.79 Å². The number of amides is 1. The molecule has 0 spiro atoms. The molecular formula is C23H24Cl2N4O2. The van der Waals surface area contributed by atoms with Crippen LogP contribution in [0.25, 0.3) is 5.69 Å². The van der Waals surface area contributed by atoms with Crippen molar-refractivity contribution < 1.29 is 9.53 Å². The minimum atomic E-state index is -0.0750. The van der Waals surface area contributed by atoms with Crippen molar-refractivity contribution in [1.82, 2.24) is 20.1 Å². The Balaban J connectivity index is 1.36. The SMILES string of the molecule is Cc1nn(-c2ccc(Cl)c(Cl)c2)c(C)c1CC(=O)NCc1ccc(OCC2CC2)nc1. The van der Waals surface area contributed by atoms with E-state index in [2.05, 4.69) is 15.4 Å². The Kier molecular flexibility index (Phi) is 6.49. The molecule has 3 aromatic rings. The number of aryl methyl sites for hydroxylation is 1. The predicted octanol–water partition coefficient (Wildman–Crippen LogP) is 4.84. The molecule has 0 radical (unpaired) electrons. The number of carbonyl (C=O) groups is 1. The van der Waals surface area contributed by atoms with Gasteiger partial charge in [-0.05, 0) is 56.4 Å². The van der Waals surface area contributed by atoms with Crippen LogP contribution in [0.2, 0.25) is 10.0 Å². The molecule has 1 fully saturated rings. The number of nitrogens with zero attached hydrogens (tertiary/aromatic N) is 3. The summed E-state index contributed by atoms with van der Waals surface area (Å²) in [6.45, 7) is 4.98. The molecule has 4 rings (SSSR count). The maximum Gasteiger partial charge on any atom is 0.224 e. The molecule has 0 aliphatic heterocycles. The van der Waals surface area contributed by atoms with Crippen LogP contribution in [0.5, 0.6) is 5.88 Å². The Bertz CT molecular complexity index is 1090. The van der Waals surface area contributed by atoms with Crippen LogP contribution < -0.4 is 10.1 Å². The smallest absolute Gasteiger partial charge is 0.224 e. The van der Waals surface area contributed by atoms with Gasteiger partial charge in [0.2, 0.25) is 11.8 Å². The van der Waals surface area contributed by atoms with Crippen LogP contribution in [-0.2, 0) is 17.8 Å². The van der Waals surface area contributed by atoms with E-state index in [1.807, 2.05) is 32.0 Å². The molecule has 0 unspecified atom stereocenters. The highest BCUT2D eigenvalue weighted by atomic mass is 35.5. The molecule has 8 heteroatoms. The van der Waals surface area contributed by atoms with Crippen molar-refractivity contribution >= 4 is 29.1 Å². The zero-order valence-electron chi connectivity index (χ0n) is 17.5. The fourth-order valence-electron chi connectivity index (χ4n) is 3.31. The molecule has 1 amide bonds. The summed E-state index contributed by atoms with van der Waals surface area (Å²) < 4.78 is 7.43. The fourth-order valence-corrected chi connectivity index (χ4v) is 3.60. The summed E-state index contributed by atoms with van der Waals surface area (Å²) in [5.41, 5.74) is 4.32. The lowest BCUT2D eigenvalue weighted by atomic mass is 10.1. The Morgan fingerprint density at radius 2 is 2.00 bits per heavy atom. The van der Waals surface area contributed by atoms with E-state index in [0.29, 0.717) is 28.4 Å². The highest BCUT2D eigenvalue weighted by Gasteiger charge is 2.22. The number of ether oxygens (including phenoxy) is 1. The standard InChI is InChI=1S/C23H24Cl2N4O2/c1-14-19(15(2)29(28-14)18-6-7-20(24)21(25)9-18)10-22(30)26-11-17-5-8-23(27-12-17)31-13-16-3-4-16/h5-9,12,16H,3-4,10-11,13H2,1-2H3,(H,26,30). The van der Waals surface area contributed by atoms with Gasteiger partial charge in [-0.2, -0.15) is 5.10 Å². The van der Waals surface area contributed by atoms with Crippen LogP contribution in [-0.4, -0.2) is 27.3 Å². The summed E-state index contributed by atoms with van der Waals surface area (Å²) in [5.74, 6) is 1.24. The van der Waals surface area contributed by atoms with E-state index in [1.54, 1.807) is 23.0 Å². The molecule has 6 nitrogen and oxygen atoms in total. The summed E-state index contributed by atoms with van der Waals surface area (Å²) in [4.78, 5) is 16.9. The predicted molar refractivity (Wildman–Crippen MR) is 121 cm³/mol. The zero-order chi connectivity index (χ0) is 22.0. The second-order valence-electron chi connectivity index (χ2n) is 7.87. The van der Waals surface area contributed by atoms with E-state index in [-0.39, 0.29) is 12.3 Å². The average molecular weight is 459 g/mol. The highest BCUT2D eigenvalue weighted by molar-refractivity contribution is 6.42. The van der Waals surface area contributed by atoms with Crippen LogP contribution in [0.3, 0.4) is 0 Å². The number of hydrogen-bond donors (Lipinski definition) is 1. The van der Waals surface area contributed by atoms with Crippen LogP contribution in [0, 0.1) is 19.8 Å². The molecule has 1 N–H and O–H groups in total. The van der Waals surface area contributed by atoms with Gasteiger partial charge in [0.1, 0.15) is 0 Å². The Labute approximate surface area is 191 Å². The molecule has 1 saturated carbocycles. The molecule has 2 heterocycles. The second kappa shape index (κ2) is 9.28. The van der Waals surface area contributed by atoms with Gasteiger partial charge in [0.05, 0.1) is 34.5 Å². The molecule has 0 bridgehead atoms. The fraction of sp³-hybridized carbons (Fsp3) is 0.348. The first-order valence-corrected chi connectivity index (χ1v) is 11.0. The van der Waals surface area contributed by atoms with E-state index in [4.69, 9.17) is 27.9 Å². The van der Waals surface area contributed by atoms with E-state index in [1.165, 1.54) is 12.8 Å². The second-order valence-corrected chi connectivity index (χ2v) is 8.69. The Hall–Kier alpha value is -2.57. The molecule has 1 aliphatic carbocycles. The maximum absolute atomic E-state index is 12.6. The van der Waals surface area contributed by atoms with Gasteiger partial charge in [0.25, 0.3) is 0 Å². The highest BCUT2D eigenvalue weighted by Crippen LogP contribution is 2.29. The van der Waals surface area contributed by atoms with Crippen molar-refractivity contribution in [3.63, 3.8) is 0 Å². The van der Waals surface area contributed by atoms with Crippen LogP contribution >= 0.6 is 23.2 Å². The summed E-state index contributed by atoms with van der Waals surface area (Å²) in [5, 5.41) is 8.48. The van der Waals surface area contributed by atoms with Crippen LogP contribution in [0.15, 0.2) is 36.5 Å². The largest absolute Gasteiger partial charge is 0.477 e. The summed E-state index contributed by atoms with van der Waals surface area (Å²) >= 11 is 12.2. The first-order valence-electron chi connectivity index (χ1n) is 10.3. The van der Waals surface area contributed by atoms with Gasteiger partial charge >= 0.3 is 0 Å². The molecular weight excluding hydrogens is 435 g/mol. The van der Waals surface area contributed by atoms with Gasteiger partial charge in [0.15, 0.2) is 0 Å².